The number of carbonyl (C=O) groups is 6. The number of allylic oxidation sites excluding steroid dienone is 1. The first-order valence-corrected chi connectivity index (χ1v) is 52.9. The lowest BCUT2D eigenvalue weighted by Crippen LogP contribution is -2.68. The van der Waals surface area contributed by atoms with Gasteiger partial charge in [-0.25, -0.2) is 4.98 Å². The number of esters is 1. The number of hydrogen-bond donors (Lipinski definition) is 23. The fourth-order valence-electron chi connectivity index (χ4n) is 19.4. The van der Waals surface area contributed by atoms with Crippen LogP contribution in [0.4, 0.5) is 0 Å². The van der Waals surface area contributed by atoms with Gasteiger partial charge in [0, 0.05) is 60.0 Å². The van der Waals surface area contributed by atoms with E-state index in [0.717, 1.165) is 92.0 Å². The summed E-state index contributed by atoms with van der Waals surface area (Å²) in [5, 5.41) is 251. The molecule has 22 saturated heterocycles. The van der Waals surface area contributed by atoms with Crippen LogP contribution in [0.1, 0.15) is 170 Å². The van der Waals surface area contributed by atoms with Gasteiger partial charge in [0.25, 0.3) is 0 Å². The minimum atomic E-state index is -2.31. The number of unbranched alkanes of at least 4 members (excludes halogenated alkanes) is 2. The molecule has 44 atom stereocenters. The number of fused-ring (bicyclic) bond motifs is 1. The summed E-state index contributed by atoms with van der Waals surface area (Å²) in [6, 6.07) is 0. The highest BCUT2D eigenvalue weighted by molar-refractivity contribution is 7.99. The minimum absolute atomic E-state index is 0. The van der Waals surface area contributed by atoms with Crippen LogP contribution in [0.5, 0.6) is 0 Å². The van der Waals surface area contributed by atoms with E-state index < -0.39 is 313 Å². The SMILES string of the molecule is C.C/C(=C\c1csc(C)n1)[C@H]1CCC[C@H](OC(=O)CCCCCN)C(C)(C)C(=O)[C@H](C)[C@@H](O)[C@@H](C)CCC[C@@]2(C)O[C@H]2C1.CCC(CSCC1O[C@H]2O[C@@H]3C(CO)O[C@H](O[C@@H]4C(CO)O[C@H](O[C@@H]5C(CO)O[C@@H](O[C@@H]6C(CSCC(CC(=O)CCOCCOCCC(C)=O)C(=O)O)O[C@H](O[C@@H]7C(CO)O[C@@H](O[C@@H]8C(CO)O[C@@H](O[C@H]1[C@H](O)C2O)C(O)[C@H]8O)C(O)[C@H]7O)C(O)[C@H]6O)C(O)[C@H]5O)C(O)[C@H]4O)C(O)[C@H]3O)C(=O)O. The molecule has 1 saturated carbocycles. The molecule has 0 spiro atoms. The van der Waals surface area contributed by atoms with Gasteiger partial charge >= 0.3 is 17.9 Å². The molecular formula is C95H158N2O46S3. The Labute approximate surface area is 859 Å². The first-order chi connectivity index (χ1) is 68.8. The van der Waals surface area contributed by atoms with E-state index in [-0.39, 0.29) is 106 Å². The number of aromatic nitrogens is 1. The van der Waals surface area contributed by atoms with Gasteiger partial charge in [-0.3, -0.25) is 28.8 Å². The molecule has 146 heavy (non-hydrogen) atoms. The molecule has 0 aromatic carbocycles. The summed E-state index contributed by atoms with van der Waals surface area (Å²) in [5.74, 6) is -7.31. The number of carboxylic acids is 2. The lowest BCUT2D eigenvalue weighted by atomic mass is 9.72. The highest BCUT2D eigenvalue weighted by Gasteiger charge is 2.61. The molecule has 1 aromatic heterocycles. The van der Waals surface area contributed by atoms with Gasteiger partial charge in [0.1, 0.15) is 182 Å². The van der Waals surface area contributed by atoms with Gasteiger partial charge in [-0.1, -0.05) is 46.6 Å². The summed E-state index contributed by atoms with van der Waals surface area (Å²) in [5.41, 5.74) is 6.84. The van der Waals surface area contributed by atoms with E-state index in [9.17, 15) is 141 Å². The van der Waals surface area contributed by atoms with Crippen LogP contribution in [0.25, 0.3) is 6.08 Å². The van der Waals surface area contributed by atoms with Gasteiger partial charge < -0.3 is 203 Å². The Morgan fingerprint density at radius 1 is 0.493 bits per heavy atom. The van der Waals surface area contributed by atoms with Crippen LogP contribution in [0, 0.1) is 41.9 Å². The molecule has 48 nitrogen and oxygen atoms in total. The van der Waals surface area contributed by atoms with Crippen LogP contribution in [0.3, 0.4) is 0 Å². The van der Waals surface area contributed by atoms with Crippen molar-refractivity contribution in [1.29, 1.82) is 0 Å². The molecule has 16 unspecified atom stereocenters. The number of nitrogens with zero attached hydrogens (tertiary/aromatic N) is 1. The van der Waals surface area contributed by atoms with Crippen molar-refractivity contribution in [2.45, 2.75) is 405 Å². The summed E-state index contributed by atoms with van der Waals surface area (Å²) in [6.07, 6.45) is -62.8. The maximum Gasteiger partial charge on any atom is 0.307 e. The van der Waals surface area contributed by atoms with Crippen molar-refractivity contribution in [2.75, 3.05) is 89.0 Å². The number of aliphatic carboxylic acids is 2. The number of aryl methyl sites for hydroxylation is 1. The van der Waals surface area contributed by atoms with Crippen molar-refractivity contribution < 1.29 is 226 Å². The molecule has 23 heterocycles. The van der Waals surface area contributed by atoms with Crippen molar-refractivity contribution >= 4 is 76.2 Å². The number of carbonyl (C=O) groups excluding carboxylic acids is 4. The number of ketones is 3. The molecule has 1 aromatic rings. The standard InChI is InChI=1S/C60H98O41S2.C34H56N2O5S.CH4/c1-3-21(52(82)83)16-102-18-29-50-36(73)43(80)59(93-29)98-48-27(14-64)89-55(39(76)32(48)69)95-45-24(11-61)88-54(38(75)31(45)68)96-46-26(13-63)92-58(42(79)35(46)72)101-51-30(19-103-17-22(53(84)85)10-23(67)5-7-87-9-8-86-6-4-20(2)66)94-60(44(81)37(51)74)99-49-28(15-65)90-56(40(77)33(49)70)97-47-25(12-62)91-57(100-50)41(78)34(47)71;1-22-13-12-17-34(7)29(41-34)20-26(23(2)19-27-21-42-25(4)36-27)14-11-15-28(40-30(37)16-9-8-10-18-35)33(5,6)32(39)24(3)31(22)38;/h21-22,24-51,54-65,68-81H,3-19H2,1-2H3,(H,82,83)(H,84,85);19,21-22,24,26,28-29,31,38H,8-18,20,35H2,1-7H3;1H4/b;23-19+;/t21?,22?,24?,25?,26?,27?,28?,29?,30?,31-,32-,33-,34-,35-,36-,37-,38?,39?,40?,41?,42?,43?,44?,45-,46-,47-,48-,49-,50-,51-,54-,55-,56+,57+,58+,59+,60-;22-,24+,26-,28-,29-,31-,34+;/m10./s1. The van der Waals surface area contributed by atoms with Crippen molar-refractivity contribution in [1.82, 2.24) is 4.98 Å². The molecule has 23 aliphatic rings. The fraction of sp³-hybridized carbons (Fsp3) is 0.884. The highest BCUT2D eigenvalue weighted by atomic mass is 32.2. The van der Waals surface area contributed by atoms with Gasteiger partial charge in [-0.05, 0) is 124 Å². The molecule has 24 N–H and O–H groups in total. The number of epoxide rings is 1. The van der Waals surface area contributed by atoms with Gasteiger partial charge in [0.05, 0.1) is 117 Å². The molecule has 24 rings (SSSR count). The number of Topliss-reactive ketones (excluding diaryl/α,β-unsaturated/α-hetero) is 3. The quantitative estimate of drug-likeness (QED) is 0.0175. The number of ether oxygens (including phenoxy) is 18. The minimum Gasteiger partial charge on any atom is -0.481 e. The number of hydrogen-bond acceptors (Lipinski definition) is 49. The number of aliphatic hydroxyl groups is 20. The molecule has 14 bridgehead atoms. The topological polar surface area (TPSA) is 756 Å². The lowest BCUT2D eigenvalue weighted by molar-refractivity contribution is -0.395. The van der Waals surface area contributed by atoms with E-state index in [0.29, 0.717) is 25.3 Å². The average Bonchev–Trinajstić information content (AvgIpc) is 1.73. The summed E-state index contributed by atoms with van der Waals surface area (Å²) in [4.78, 5) is 80.3. The van der Waals surface area contributed by atoms with E-state index in [2.05, 4.69) is 30.3 Å². The summed E-state index contributed by atoms with van der Waals surface area (Å²) in [6.45, 7) is 12.4. The third-order valence-electron chi connectivity index (χ3n) is 28.6. The Balaban J connectivity index is 0.000000459. The van der Waals surface area contributed by atoms with Crippen molar-refractivity contribution in [3.63, 3.8) is 0 Å². The van der Waals surface area contributed by atoms with Gasteiger partial charge in [0.2, 0.25) is 0 Å². The average molecular weight is 2160 g/mol. The largest absolute Gasteiger partial charge is 0.481 e. The third kappa shape index (κ3) is 32.6. The van der Waals surface area contributed by atoms with Crippen LogP contribution in [-0.4, -0.2) is 480 Å². The molecule has 1 aliphatic carbocycles. The first-order valence-electron chi connectivity index (χ1n) is 49.7. The van der Waals surface area contributed by atoms with Crippen molar-refractivity contribution in [2.24, 2.45) is 40.7 Å². The van der Waals surface area contributed by atoms with Crippen molar-refractivity contribution in [3.05, 3.63) is 21.7 Å². The van der Waals surface area contributed by atoms with Gasteiger partial charge in [-0.15, -0.1) is 11.3 Å². The van der Waals surface area contributed by atoms with E-state index in [4.69, 9.17) is 91.0 Å². The van der Waals surface area contributed by atoms with E-state index in [1.54, 1.807) is 18.3 Å². The first kappa shape index (κ1) is 125. The number of carboxylic acid groups (broad SMARTS) is 2. The zero-order chi connectivity index (χ0) is 106. The van der Waals surface area contributed by atoms with E-state index >= 15 is 0 Å². The summed E-state index contributed by atoms with van der Waals surface area (Å²) in [7, 11) is 0. The predicted octanol–water partition coefficient (Wildman–Crippen LogP) is -3.91. The van der Waals surface area contributed by atoms with Crippen molar-refractivity contribution in [3.8, 4) is 0 Å². The van der Waals surface area contributed by atoms with Gasteiger partial charge in [0.15, 0.2) is 44.0 Å². The Hall–Kier alpha value is -4.03. The second-order valence-corrected chi connectivity index (χ2v) is 43.0. The molecule has 51 heteroatoms. The predicted molar refractivity (Wildman–Crippen MR) is 509 cm³/mol. The second kappa shape index (κ2) is 58.7. The normalized spacial score (nSPS) is 41.2. The molecular weight excluding hydrogens is 2000 g/mol. The zero-order valence-electron chi connectivity index (χ0n) is 82.9. The Morgan fingerprint density at radius 2 is 0.870 bits per heavy atom. The molecule has 0 amide bonds. The molecule has 22 aliphatic heterocycles. The Morgan fingerprint density at radius 3 is 1.23 bits per heavy atom. The van der Waals surface area contributed by atoms with Crippen LogP contribution in [-0.2, 0) is 114 Å². The number of thioether (sulfide) groups is 2. The van der Waals surface area contributed by atoms with E-state index in [1.807, 2.05) is 34.6 Å². The number of thiazole rings is 1. The third-order valence-corrected chi connectivity index (χ3v) is 31.8. The second-order valence-electron chi connectivity index (χ2n) is 39.8. The zero-order valence-corrected chi connectivity index (χ0v) is 85.3. The number of rotatable bonds is 35. The van der Waals surface area contributed by atoms with Crippen LogP contribution in [0.2, 0.25) is 0 Å². The molecule has 23 fully saturated rings. The Bertz CT molecular complexity index is 4150. The highest BCUT2D eigenvalue weighted by Crippen LogP contribution is 2.48. The fourth-order valence-corrected chi connectivity index (χ4v) is 22.4. The molecule has 842 valence electrons. The van der Waals surface area contributed by atoms with E-state index in [1.165, 1.54) is 12.5 Å². The molecule has 0 radical (unpaired) electrons. The number of aliphatic hydroxyl groups excluding tert-OH is 20. The maximum absolute atomic E-state index is 13.9. The van der Waals surface area contributed by atoms with Gasteiger partial charge in [-0.2, -0.15) is 23.5 Å². The number of nitrogens with two attached hydrogens (primary N) is 1. The van der Waals surface area contributed by atoms with Crippen LogP contribution < -0.4 is 5.73 Å². The van der Waals surface area contributed by atoms with Crippen LogP contribution in [0.15, 0.2) is 11.0 Å². The maximum atomic E-state index is 13.9. The monoisotopic (exact) mass is 2160 g/mol. The lowest BCUT2D eigenvalue weighted by Gasteiger charge is -2.50. The summed E-state index contributed by atoms with van der Waals surface area (Å²) >= 11 is 3.38. The smallest absolute Gasteiger partial charge is 0.307 e. The Kier molecular flexibility index (Phi) is 50.4. The van der Waals surface area contributed by atoms with Crippen LogP contribution >= 0.6 is 34.9 Å². The summed E-state index contributed by atoms with van der Waals surface area (Å²) < 4.78 is 106.